The van der Waals surface area contributed by atoms with Crippen molar-refractivity contribution in [1.82, 2.24) is 9.13 Å². The molecule has 3 heteroatoms. The van der Waals surface area contributed by atoms with Crippen molar-refractivity contribution in [3.63, 3.8) is 0 Å². The van der Waals surface area contributed by atoms with Crippen LogP contribution in [-0.2, 0) is 14.1 Å². The van der Waals surface area contributed by atoms with E-state index in [0.29, 0.717) is 0 Å². The minimum Gasteiger partial charge on any atom is -0.348 e. The number of hydrogen-bond acceptors (Lipinski definition) is 1. The molecule has 5 aromatic rings. The monoisotopic (exact) mass is 406 g/mol. The fraction of sp³-hybridized carbons (Fsp3) is 0.179. The number of rotatable bonds is 4. The Labute approximate surface area is 182 Å². The fourth-order valence-corrected chi connectivity index (χ4v) is 5.00. The Morgan fingerprint density at radius 2 is 1.06 bits per heavy atom. The van der Waals surface area contributed by atoms with Crippen molar-refractivity contribution in [2.45, 2.75) is 19.8 Å². The number of aromatic nitrogens is 2. The van der Waals surface area contributed by atoms with Crippen molar-refractivity contribution in [3.05, 3.63) is 107 Å². The number of aryl methyl sites for hydroxylation is 2. The maximum atomic E-state index is 14.1. The number of hydrogen-bond donors (Lipinski definition) is 0. The zero-order valence-electron chi connectivity index (χ0n) is 18.4. The van der Waals surface area contributed by atoms with E-state index in [0.717, 1.165) is 49.9 Å². The van der Waals surface area contributed by atoms with Crippen molar-refractivity contribution >= 4 is 27.6 Å². The molecule has 2 heterocycles. The second kappa shape index (κ2) is 7.28. The number of para-hydroxylation sites is 2. The Kier molecular flexibility index (Phi) is 4.55. The van der Waals surface area contributed by atoms with Crippen molar-refractivity contribution in [1.29, 1.82) is 0 Å². The summed E-state index contributed by atoms with van der Waals surface area (Å²) in [6, 6.07) is 26.5. The van der Waals surface area contributed by atoms with Crippen LogP contribution in [0.4, 0.5) is 0 Å². The molecule has 3 aromatic carbocycles. The minimum atomic E-state index is -0.375. The van der Waals surface area contributed by atoms with Gasteiger partial charge in [0.15, 0.2) is 5.78 Å². The number of carbonyl (C=O) groups excluding carboxylic acids is 1. The van der Waals surface area contributed by atoms with Gasteiger partial charge in [-0.05, 0) is 37.1 Å². The molecule has 31 heavy (non-hydrogen) atoms. The van der Waals surface area contributed by atoms with Crippen molar-refractivity contribution < 1.29 is 4.79 Å². The number of Topliss-reactive ketones (excluding diaryl/α,β-unsaturated/α-hetero) is 1. The van der Waals surface area contributed by atoms with Crippen molar-refractivity contribution in [3.8, 4) is 0 Å². The van der Waals surface area contributed by atoms with Gasteiger partial charge in [-0.25, -0.2) is 0 Å². The highest BCUT2D eigenvalue weighted by Crippen LogP contribution is 2.42. The SMILES string of the molecule is Cc1c(C(C(=O)c2ccccc2)c2c(C)n(C)c3ccccc23)c2ccccc2n1C. The second-order valence-electron chi connectivity index (χ2n) is 8.31. The van der Waals surface area contributed by atoms with Gasteiger partial charge in [-0.3, -0.25) is 4.79 Å². The molecule has 0 spiro atoms. The molecule has 5 rings (SSSR count). The summed E-state index contributed by atoms with van der Waals surface area (Å²) in [6.07, 6.45) is 0. The second-order valence-corrected chi connectivity index (χ2v) is 8.31. The molecule has 0 fully saturated rings. The molecule has 0 aliphatic rings. The topological polar surface area (TPSA) is 26.9 Å². The van der Waals surface area contributed by atoms with Crippen LogP contribution in [0.2, 0.25) is 0 Å². The van der Waals surface area contributed by atoms with E-state index in [4.69, 9.17) is 0 Å². The van der Waals surface area contributed by atoms with Gasteiger partial charge in [-0.1, -0.05) is 66.7 Å². The number of carbonyl (C=O) groups is 1. The fourth-order valence-electron chi connectivity index (χ4n) is 5.00. The van der Waals surface area contributed by atoms with Gasteiger partial charge >= 0.3 is 0 Å². The molecule has 0 saturated carbocycles. The van der Waals surface area contributed by atoms with Gasteiger partial charge in [0.05, 0.1) is 5.92 Å². The molecule has 0 aliphatic heterocycles. The summed E-state index contributed by atoms with van der Waals surface area (Å²) >= 11 is 0. The zero-order chi connectivity index (χ0) is 21.7. The van der Waals surface area contributed by atoms with Gasteiger partial charge in [0.2, 0.25) is 0 Å². The summed E-state index contributed by atoms with van der Waals surface area (Å²) in [6.45, 7) is 4.25. The molecule has 0 saturated heterocycles. The Bertz CT molecular complexity index is 1350. The highest BCUT2D eigenvalue weighted by molar-refractivity contribution is 6.08. The predicted octanol–water partition coefficient (Wildman–Crippen LogP) is 6.30. The average molecular weight is 407 g/mol. The highest BCUT2D eigenvalue weighted by Gasteiger charge is 2.33. The molecule has 0 bridgehead atoms. The third-order valence-electron chi connectivity index (χ3n) is 6.79. The Hall–Kier alpha value is -3.59. The quantitative estimate of drug-likeness (QED) is 0.322. The highest BCUT2D eigenvalue weighted by atomic mass is 16.1. The third kappa shape index (κ3) is 2.84. The Balaban J connectivity index is 1.89. The molecule has 0 atom stereocenters. The maximum Gasteiger partial charge on any atom is 0.174 e. The lowest BCUT2D eigenvalue weighted by Gasteiger charge is -2.19. The van der Waals surface area contributed by atoms with E-state index in [9.17, 15) is 4.79 Å². The van der Waals surface area contributed by atoms with Gasteiger partial charge in [0.1, 0.15) is 0 Å². The summed E-state index contributed by atoms with van der Waals surface area (Å²) < 4.78 is 4.41. The van der Waals surface area contributed by atoms with E-state index in [1.54, 1.807) is 0 Å². The predicted molar refractivity (Wildman–Crippen MR) is 128 cm³/mol. The first-order chi connectivity index (χ1) is 15.0. The van der Waals surface area contributed by atoms with E-state index < -0.39 is 0 Å². The molecule has 0 N–H and O–H groups in total. The number of fused-ring (bicyclic) bond motifs is 2. The van der Waals surface area contributed by atoms with E-state index in [-0.39, 0.29) is 11.7 Å². The maximum absolute atomic E-state index is 14.1. The normalized spacial score (nSPS) is 11.6. The summed E-state index contributed by atoms with van der Waals surface area (Å²) in [5, 5.41) is 2.29. The lowest BCUT2D eigenvalue weighted by Crippen LogP contribution is -2.17. The van der Waals surface area contributed by atoms with E-state index in [1.165, 1.54) is 0 Å². The van der Waals surface area contributed by atoms with Crippen LogP contribution in [0, 0.1) is 13.8 Å². The smallest absolute Gasteiger partial charge is 0.174 e. The lowest BCUT2D eigenvalue weighted by molar-refractivity contribution is 0.0974. The first kappa shape index (κ1) is 19.4. The Morgan fingerprint density at radius 3 is 1.55 bits per heavy atom. The first-order valence-corrected chi connectivity index (χ1v) is 10.7. The standard InChI is InChI=1S/C28H26N2O/c1-18-25(21-14-8-10-16-23(21)29(18)3)27(28(31)20-12-6-5-7-13-20)26-19(2)30(4)24-17-11-9-15-22(24)26/h5-17,27H,1-4H3. The Morgan fingerprint density at radius 1 is 0.645 bits per heavy atom. The van der Waals surface area contributed by atoms with Crippen LogP contribution in [0.1, 0.15) is 38.8 Å². The third-order valence-corrected chi connectivity index (χ3v) is 6.79. The largest absolute Gasteiger partial charge is 0.348 e. The number of ketones is 1. The number of benzene rings is 3. The number of nitrogens with zero attached hydrogens (tertiary/aromatic N) is 2. The molecule has 0 aliphatic carbocycles. The lowest BCUT2D eigenvalue weighted by atomic mass is 9.82. The van der Waals surface area contributed by atoms with Gasteiger partial charge in [-0.2, -0.15) is 0 Å². The molecule has 3 nitrogen and oxygen atoms in total. The van der Waals surface area contributed by atoms with Gasteiger partial charge in [0, 0.05) is 52.9 Å². The summed E-state index contributed by atoms with van der Waals surface area (Å²) in [7, 11) is 4.17. The molecular weight excluding hydrogens is 380 g/mol. The molecular formula is C28H26N2O. The van der Waals surface area contributed by atoms with Crippen LogP contribution in [0.15, 0.2) is 78.9 Å². The molecule has 0 unspecified atom stereocenters. The zero-order valence-corrected chi connectivity index (χ0v) is 18.4. The van der Waals surface area contributed by atoms with Crippen LogP contribution in [0.3, 0.4) is 0 Å². The van der Waals surface area contributed by atoms with E-state index >= 15 is 0 Å². The first-order valence-electron chi connectivity index (χ1n) is 10.7. The molecule has 0 radical (unpaired) electrons. The van der Waals surface area contributed by atoms with Gasteiger partial charge in [0.25, 0.3) is 0 Å². The molecule has 2 aromatic heterocycles. The summed E-state index contributed by atoms with van der Waals surface area (Å²) in [5.74, 6) is -0.237. The summed E-state index contributed by atoms with van der Waals surface area (Å²) in [5.41, 5.74) is 7.51. The van der Waals surface area contributed by atoms with Crippen LogP contribution in [0.5, 0.6) is 0 Å². The van der Waals surface area contributed by atoms with Crippen molar-refractivity contribution in [2.24, 2.45) is 14.1 Å². The van der Waals surface area contributed by atoms with Gasteiger partial charge in [-0.15, -0.1) is 0 Å². The van der Waals surface area contributed by atoms with Crippen LogP contribution in [0.25, 0.3) is 21.8 Å². The molecule has 0 amide bonds. The van der Waals surface area contributed by atoms with Crippen LogP contribution < -0.4 is 0 Å². The van der Waals surface area contributed by atoms with Crippen LogP contribution >= 0.6 is 0 Å². The minimum absolute atomic E-state index is 0.138. The van der Waals surface area contributed by atoms with Crippen molar-refractivity contribution in [2.75, 3.05) is 0 Å². The van der Waals surface area contributed by atoms with Gasteiger partial charge < -0.3 is 9.13 Å². The summed E-state index contributed by atoms with van der Waals surface area (Å²) in [4.78, 5) is 14.1. The van der Waals surface area contributed by atoms with E-state index in [2.05, 4.69) is 85.6 Å². The average Bonchev–Trinajstić information content (AvgIpc) is 3.21. The van der Waals surface area contributed by atoms with E-state index in [1.807, 2.05) is 30.3 Å². The molecule has 154 valence electrons. The van der Waals surface area contributed by atoms with Crippen LogP contribution in [-0.4, -0.2) is 14.9 Å².